The van der Waals surface area contributed by atoms with Gasteiger partial charge >= 0.3 is 0 Å². The summed E-state index contributed by atoms with van der Waals surface area (Å²) < 4.78 is 5.23. The van der Waals surface area contributed by atoms with Gasteiger partial charge in [0, 0.05) is 16.1 Å². The summed E-state index contributed by atoms with van der Waals surface area (Å²) >= 11 is 1.55. The second kappa shape index (κ2) is 8.31. The molecular weight excluding hydrogens is 348 g/mol. The molecule has 5 nitrogen and oxygen atoms in total. The van der Waals surface area contributed by atoms with E-state index >= 15 is 0 Å². The number of rotatable bonds is 6. The van der Waals surface area contributed by atoms with Gasteiger partial charge in [-0.1, -0.05) is 18.2 Å². The summed E-state index contributed by atoms with van der Waals surface area (Å²) in [5, 5.41) is 7.59. The normalized spacial score (nSPS) is 10.2. The lowest BCUT2D eigenvalue weighted by Crippen LogP contribution is -2.15. The molecule has 0 saturated heterocycles. The number of thiophene rings is 1. The maximum atomic E-state index is 12.4. The van der Waals surface area contributed by atoms with Gasteiger partial charge in [0.05, 0.1) is 19.2 Å². The van der Waals surface area contributed by atoms with Gasteiger partial charge in [0.25, 0.3) is 5.91 Å². The van der Waals surface area contributed by atoms with Crippen LogP contribution in [0.2, 0.25) is 0 Å². The van der Waals surface area contributed by atoms with E-state index in [1.807, 2.05) is 29.6 Å². The number of hydrogen-bond donors (Lipinski definition) is 2. The molecule has 0 bridgehead atoms. The minimum atomic E-state index is -0.244. The zero-order chi connectivity index (χ0) is 18.4. The van der Waals surface area contributed by atoms with Crippen molar-refractivity contribution >= 4 is 34.5 Å². The fourth-order valence-corrected chi connectivity index (χ4v) is 3.13. The number of methoxy groups -OCH3 is 1. The van der Waals surface area contributed by atoms with E-state index in [4.69, 9.17) is 4.74 Å². The Balaban J connectivity index is 1.61. The predicted octanol–water partition coefficient (Wildman–Crippen LogP) is 4.19. The van der Waals surface area contributed by atoms with E-state index in [9.17, 15) is 9.59 Å². The van der Waals surface area contributed by atoms with Gasteiger partial charge in [0.15, 0.2) is 0 Å². The van der Waals surface area contributed by atoms with E-state index in [0.717, 1.165) is 4.88 Å². The van der Waals surface area contributed by atoms with Gasteiger partial charge in [-0.3, -0.25) is 9.59 Å². The average molecular weight is 366 g/mol. The number of carbonyl (C=O) groups excluding carboxylic acids is 2. The van der Waals surface area contributed by atoms with Crippen molar-refractivity contribution in [2.75, 3.05) is 17.7 Å². The Kier molecular flexibility index (Phi) is 5.66. The molecule has 0 saturated carbocycles. The first kappa shape index (κ1) is 17.7. The summed E-state index contributed by atoms with van der Waals surface area (Å²) in [6.07, 6.45) is 0.341. The highest BCUT2D eigenvalue weighted by Crippen LogP contribution is 2.24. The molecule has 0 aliphatic rings. The molecule has 0 spiro atoms. The predicted molar refractivity (Wildman–Crippen MR) is 104 cm³/mol. The first-order valence-corrected chi connectivity index (χ1v) is 8.90. The molecule has 6 heteroatoms. The first-order valence-electron chi connectivity index (χ1n) is 8.02. The lowest BCUT2D eigenvalue weighted by Gasteiger charge is -2.10. The third kappa shape index (κ3) is 4.49. The molecule has 3 aromatic rings. The number of nitrogens with one attached hydrogen (secondary N) is 2. The quantitative estimate of drug-likeness (QED) is 0.687. The third-order valence-electron chi connectivity index (χ3n) is 3.70. The molecule has 3 rings (SSSR count). The van der Waals surface area contributed by atoms with Gasteiger partial charge in [-0.2, -0.15) is 0 Å². The molecule has 0 atom stereocenters. The molecule has 2 aromatic carbocycles. The number of benzene rings is 2. The van der Waals surface area contributed by atoms with Crippen molar-refractivity contribution in [3.05, 3.63) is 76.5 Å². The van der Waals surface area contributed by atoms with Gasteiger partial charge in [0.2, 0.25) is 5.91 Å². The standard InChI is InChI=1S/C20H18N2O3S/c1-25-18-7-3-2-6-17(18)22-20(24)14-8-10-15(11-9-14)21-19(23)13-16-5-4-12-26-16/h2-12H,13H2,1H3,(H,21,23)(H,22,24). The van der Waals surface area contributed by atoms with Crippen molar-refractivity contribution in [3.63, 3.8) is 0 Å². The van der Waals surface area contributed by atoms with Crippen LogP contribution in [-0.4, -0.2) is 18.9 Å². The van der Waals surface area contributed by atoms with Crippen molar-refractivity contribution in [3.8, 4) is 5.75 Å². The Morgan fingerprint density at radius 1 is 0.962 bits per heavy atom. The van der Waals surface area contributed by atoms with Crippen LogP contribution in [0.25, 0.3) is 0 Å². The van der Waals surface area contributed by atoms with Crippen molar-refractivity contribution in [1.29, 1.82) is 0 Å². The lowest BCUT2D eigenvalue weighted by atomic mass is 10.2. The number of amides is 2. The molecule has 0 unspecified atom stereocenters. The van der Waals surface area contributed by atoms with Gasteiger partial charge < -0.3 is 15.4 Å². The van der Waals surface area contributed by atoms with Crippen molar-refractivity contribution in [2.24, 2.45) is 0 Å². The summed E-state index contributed by atoms with van der Waals surface area (Å²) in [6.45, 7) is 0. The number of carbonyl (C=O) groups is 2. The van der Waals surface area contributed by atoms with E-state index in [2.05, 4.69) is 10.6 Å². The smallest absolute Gasteiger partial charge is 0.255 e. The fraction of sp³-hybridized carbons (Fsp3) is 0.100. The minimum absolute atomic E-state index is 0.0846. The minimum Gasteiger partial charge on any atom is -0.495 e. The third-order valence-corrected chi connectivity index (χ3v) is 4.58. The van der Waals surface area contributed by atoms with Crippen LogP contribution in [-0.2, 0) is 11.2 Å². The Bertz CT molecular complexity index is 890. The zero-order valence-electron chi connectivity index (χ0n) is 14.2. The van der Waals surface area contributed by atoms with Crippen LogP contribution in [0.1, 0.15) is 15.2 Å². The van der Waals surface area contributed by atoms with Gasteiger partial charge in [-0.05, 0) is 47.8 Å². The molecule has 26 heavy (non-hydrogen) atoms. The van der Waals surface area contributed by atoms with Gasteiger partial charge in [-0.25, -0.2) is 0 Å². The molecule has 0 fully saturated rings. The number of para-hydroxylation sites is 2. The van der Waals surface area contributed by atoms with Crippen LogP contribution in [0.15, 0.2) is 66.0 Å². The van der Waals surface area contributed by atoms with Crippen molar-refractivity contribution in [2.45, 2.75) is 6.42 Å². The molecule has 132 valence electrons. The van der Waals surface area contributed by atoms with Crippen LogP contribution in [0.5, 0.6) is 5.75 Å². The molecular formula is C20H18N2O3S. The summed E-state index contributed by atoms with van der Waals surface area (Å²) in [6, 6.07) is 17.8. The van der Waals surface area contributed by atoms with Crippen LogP contribution in [0, 0.1) is 0 Å². The van der Waals surface area contributed by atoms with E-state index in [1.165, 1.54) is 0 Å². The van der Waals surface area contributed by atoms with E-state index < -0.39 is 0 Å². The van der Waals surface area contributed by atoms with Crippen LogP contribution < -0.4 is 15.4 Å². The van der Waals surface area contributed by atoms with Crippen LogP contribution >= 0.6 is 11.3 Å². The Morgan fingerprint density at radius 3 is 2.42 bits per heavy atom. The summed E-state index contributed by atoms with van der Waals surface area (Å²) in [7, 11) is 1.55. The number of hydrogen-bond acceptors (Lipinski definition) is 4. The molecule has 0 aliphatic carbocycles. The summed E-state index contributed by atoms with van der Waals surface area (Å²) in [4.78, 5) is 25.4. The molecule has 1 heterocycles. The largest absolute Gasteiger partial charge is 0.495 e. The van der Waals surface area contributed by atoms with Crippen molar-refractivity contribution < 1.29 is 14.3 Å². The number of anilines is 2. The summed E-state index contributed by atoms with van der Waals surface area (Å²) in [5.74, 6) is 0.267. The topological polar surface area (TPSA) is 67.4 Å². The van der Waals surface area contributed by atoms with Crippen LogP contribution in [0.4, 0.5) is 11.4 Å². The Hall–Kier alpha value is -3.12. The van der Waals surface area contributed by atoms with Gasteiger partial charge in [-0.15, -0.1) is 11.3 Å². The van der Waals surface area contributed by atoms with E-state index in [0.29, 0.717) is 29.1 Å². The fourth-order valence-electron chi connectivity index (χ4n) is 2.42. The second-order valence-corrected chi connectivity index (χ2v) is 6.57. The molecule has 2 amide bonds. The summed E-state index contributed by atoms with van der Waals surface area (Å²) in [5.41, 5.74) is 1.75. The van der Waals surface area contributed by atoms with Crippen LogP contribution in [0.3, 0.4) is 0 Å². The van der Waals surface area contributed by atoms with Crippen molar-refractivity contribution in [1.82, 2.24) is 0 Å². The first-order chi connectivity index (χ1) is 12.7. The maximum Gasteiger partial charge on any atom is 0.255 e. The highest BCUT2D eigenvalue weighted by atomic mass is 32.1. The Morgan fingerprint density at radius 2 is 1.73 bits per heavy atom. The monoisotopic (exact) mass is 366 g/mol. The average Bonchev–Trinajstić information content (AvgIpc) is 3.15. The molecule has 0 radical (unpaired) electrons. The zero-order valence-corrected chi connectivity index (χ0v) is 15.0. The molecule has 2 N–H and O–H groups in total. The molecule has 1 aromatic heterocycles. The lowest BCUT2D eigenvalue weighted by molar-refractivity contribution is -0.115. The second-order valence-electron chi connectivity index (χ2n) is 5.54. The Labute approximate surface area is 155 Å². The highest BCUT2D eigenvalue weighted by molar-refractivity contribution is 7.10. The molecule has 0 aliphatic heterocycles. The van der Waals surface area contributed by atoms with E-state index in [1.54, 1.807) is 54.8 Å². The van der Waals surface area contributed by atoms with E-state index in [-0.39, 0.29) is 11.8 Å². The van der Waals surface area contributed by atoms with Gasteiger partial charge in [0.1, 0.15) is 5.75 Å². The maximum absolute atomic E-state index is 12.4. The highest BCUT2D eigenvalue weighted by Gasteiger charge is 2.10. The SMILES string of the molecule is COc1ccccc1NC(=O)c1ccc(NC(=O)Cc2cccs2)cc1. The number of ether oxygens (including phenoxy) is 1.